The minimum Gasteiger partial charge on any atom is -0.494 e. The molecule has 0 atom stereocenters. The molecular weight excluding hydrogens is 310 g/mol. The van der Waals surface area contributed by atoms with Crippen LogP contribution in [0.3, 0.4) is 0 Å². The van der Waals surface area contributed by atoms with Gasteiger partial charge in [0.2, 0.25) is 0 Å². The number of Topliss-reactive ketones (excluding diaryl/α,β-unsaturated/α-hetero) is 1. The van der Waals surface area contributed by atoms with Gasteiger partial charge in [-0.1, -0.05) is 50.7 Å². The summed E-state index contributed by atoms with van der Waals surface area (Å²) in [6.45, 7) is 2.44. The van der Waals surface area contributed by atoms with E-state index in [2.05, 4.69) is 0 Å². The largest absolute Gasteiger partial charge is 0.494 e. The fourth-order valence-electron chi connectivity index (χ4n) is 2.90. The van der Waals surface area contributed by atoms with Crippen molar-refractivity contribution in [3.8, 4) is 5.75 Å². The van der Waals surface area contributed by atoms with Gasteiger partial charge in [0.05, 0.1) is 6.61 Å². The molecule has 0 saturated carbocycles. The molecule has 0 aromatic heterocycles. The summed E-state index contributed by atoms with van der Waals surface area (Å²) in [6.07, 6.45) is 14.5. The van der Waals surface area contributed by atoms with Gasteiger partial charge in [0.1, 0.15) is 11.5 Å². The van der Waals surface area contributed by atoms with Crippen molar-refractivity contribution in [2.45, 2.75) is 64.7 Å². The van der Waals surface area contributed by atoms with Gasteiger partial charge in [0.15, 0.2) is 0 Å². The molecule has 136 valence electrons. The van der Waals surface area contributed by atoms with Gasteiger partial charge in [0, 0.05) is 18.1 Å². The summed E-state index contributed by atoms with van der Waals surface area (Å²) in [6, 6.07) is 7.88. The molecule has 2 rings (SSSR count). The zero-order valence-corrected chi connectivity index (χ0v) is 15.4. The molecule has 0 fully saturated rings. The molecule has 0 spiro atoms. The first-order valence-electron chi connectivity index (χ1n) is 9.66. The average molecular weight is 341 g/mol. The summed E-state index contributed by atoms with van der Waals surface area (Å²) < 4.78 is 5.78. The summed E-state index contributed by atoms with van der Waals surface area (Å²) in [4.78, 5) is 10.8. The number of nitrogens with one attached hydrogen (secondary N) is 1. The lowest BCUT2D eigenvalue weighted by molar-refractivity contribution is -0.117. The van der Waals surface area contributed by atoms with E-state index in [0.717, 1.165) is 37.2 Å². The number of benzene rings is 1. The highest BCUT2D eigenvalue weighted by atomic mass is 16.5. The van der Waals surface area contributed by atoms with Crippen molar-refractivity contribution in [1.82, 2.24) is 0 Å². The second-order valence-electron chi connectivity index (χ2n) is 6.98. The Hall–Kier alpha value is -1.90. The quantitative estimate of drug-likeness (QED) is 0.267. The minimum absolute atomic E-state index is 0.251. The Morgan fingerprint density at radius 1 is 0.920 bits per heavy atom. The smallest absolute Gasteiger partial charge is 0.129 e. The van der Waals surface area contributed by atoms with Crippen LogP contribution in [0.4, 0.5) is 0 Å². The van der Waals surface area contributed by atoms with E-state index in [-0.39, 0.29) is 5.92 Å². The van der Waals surface area contributed by atoms with Crippen LogP contribution in [-0.4, -0.2) is 18.1 Å². The number of ether oxygens (including phenoxy) is 1. The van der Waals surface area contributed by atoms with Crippen molar-refractivity contribution in [1.29, 1.82) is 5.41 Å². The number of carbonyl (C=O) groups excluding carboxylic acids is 1. The second-order valence-corrected chi connectivity index (χ2v) is 6.98. The average Bonchev–Trinajstić information content (AvgIpc) is 3.44. The predicted octanol–water partition coefficient (Wildman–Crippen LogP) is 5.72. The summed E-state index contributed by atoms with van der Waals surface area (Å²) >= 11 is 0. The number of unbranched alkanes of at least 4 members (excludes halogenated alkanes) is 7. The van der Waals surface area contributed by atoms with Crippen LogP contribution in [0.15, 0.2) is 36.4 Å². The lowest BCUT2D eigenvalue weighted by Crippen LogP contribution is -2.02. The Labute approximate surface area is 152 Å². The fourth-order valence-corrected chi connectivity index (χ4v) is 2.90. The molecule has 3 nitrogen and oxygen atoms in total. The summed E-state index contributed by atoms with van der Waals surface area (Å²) in [7, 11) is 0. The highest BCUT2D eigenvalue weighted by Gasteiger charge is 2.18. The molecule has 0 bridgehead atoms. The molecule has 0 heterocycles. The summed E-state index contributed by atoms with van der Waals surface area (Å²) in [5, 5.41) is 8.00. The Kier molecular flexibility index (Phi) is 8.44. The molecule has 25 heavy (non-hydrogen) atoms. The van der Waals surface area contributed by atoms with E-state index in [1.165, 1.54) is 38.5 Å². The maximum absolute atomic E-state index is 10.8. The number of hydrogen-bond donors (Lipinski definition) is 1. The van der Waals surface area contributed by atoms with Crippen LogP contribution in [0.25, 0.3) is 0 Å². The highest BCUT2D eigenvalue weighted by molar-refractivity contribution is 6.04. The standard InChI is InChI=1S/C22H31NO2/c1-18(24)10-8-6-4-2-3-5-7-9-17-25-21-15-13-20(14-16-21)22(23)19-11-12-19/h11-16,19,23H,2-10,17H2,1H3. The van der Waals surface area contributed by atoms with Crippen LogP contribution in [0.2, 0.25) is 0 Å². The summed E-state index contributed by atoms with van der Waals surface area (Å²) in [5.74, 6) is 1.46. The Bertz CT molecular complexity index is 568. The number of ketones is 1. The lowest BCUT2D eigenvalue weighted by atomic mass is 10.1. The van der Waals surface area contributed by atoms with E-state index in [0.29, 0.717) is 11.5 Å². The normalized spacial score (nSPS) is 13.0. The van der Waals surface area contributed by atoms with Crippen molar-refractivity contribution < 1.29 is 9.53 Å². The van der Waals surface area contributed by atoms with Gasteiger partial charge in [-0.05, 0) is 49.6 Å². The Morgan fingerprint density at radius 3 is 2.04 bits per heavy atom. The van der Waals surface area contributed by atoms with Crippen molar-refractivity contribution >= 4 is 11.5 Å². The predicted molar refractivity (Wildman–Crippen MR) is 104 cm³/mol. The third kappa shape index (κ3) is 8.15. The molecule has 0 aliphatic heterocycles. The van der Waals surface area contributed by atoms with Gasteiger partial charge in [-0.25, -0.2) is 0 Å². The van der Waals surface area contributed by atoms with Crippen LogP contribution >= 0.6 is 0 Å². The van der Waals surface area contributed by atoms with Gasteiger partial charge in [0.25, 0.3) is 0 Å². The van der Waals surface area contributed by atoms with E-state index in [1.807, 2.05) is 36.4 Å². The van der Waals surface area contributed by atoms with Crippen LogP contribution in [0, 0.1) is 11.3 Å². The van der Waals surface area contributed by atoms with Gasteiger partial charge in [-0.2, -0.15) is 0 Å². The third-order valence-electron chi connectivity index (χ3n) is 4.58. The van der Waals surface area contributed by atoms with Crippen molar-refractivity contribution in [2.24, 2.45) is 5.92 Å². The molecular formula is C22H31NO2. The van der Waals surface area contributed by atoms with Gasteiger partial charge in [-0.15, -0.1) is 0 Å². The lowest BCUT2D eigenvalue weighted by Gasteiger charge is -2.08. The van der Waals surface area contributed by atoms with E-state index < -0.39 is 0 Å². The monoisotopic (exact) mass is 341 g/mol. The van der Waals surface area contributed by atoms with Crippen LogP contribution in [-0.2, 0) is 4.79 Å². The van der Waals surface area contributed by atoms with E-state index in [9.17, 15) is 4.79 Å². The molecule has 0 amide bonds. The van der Waals surface area contributed by atoms with Gasteiger partial charge < -0.3 is 14.9 Å². The van der Waals surface area contributed by atoms with E-state index >= 15 is 0 Å². The maximum Gasteiger partial charge on any atom is 0.129 e. The first-order valence-corrected chi connectivity index (χ1v) is 9.66. The van der Waals surface area contributed by atoms with E-state index in [1.54, 1.807) is 6.92 Å². The van der Waals surface area contributed by atoms with Crippen molar-refractivity contribution in [2.75, 3.05) is 6.61 Å². The molecule has 1 aromatic rings. The molecule has 1 aromatic carbocycles. The number of hydrogen-bond acceptors (Lipinski definition) is 3. The SMILES string of the molecule is CC(=O)CCCCCCCCCCOc1ccc(C(=N)C2C=C2)cc1. The molecule has 3 heteroatoms. The minimum atomic E-state index is 0.251. The number of carbonyl (C=O) groups is 1. The van der Waals surface area contributed by atoms with Crippen LogP contribution in [0.5, 0.6) is 5.75 Å². The van der Waals surface area contributed by atoms with Crippen molar-refractivity contribution in [3.05, 3.63) is 42.0 Å². The zero-order chi connectivity index (χ0) is 17.9. The second kappa shape index (κ2) is 10.9. The Morgan fingerprint density at radius 2 is 1.48 bits per heavy atom. The molecule has 0 radical (unpaired) electrons. The molecule has 1 aliphatic rings. The Balaban J connectivity index is 1.44. The maximum atomic E-state index is 10.8. The number of allylic oxidation sites excluding steroid dienone is 2. The van der Waals surface area contributed by atoms with E-state index in [4.69, 9.17) is 10.1 Å². The van der Waals surface area contributed by atoms with Crippen molar-refractivity contribution in [3.63, 3.8) is 0 Å². The first-order chi connectivity index (χ1) is 12.2. The van der Waals surface area contributed by atoms with Crippen LogP contribution < -0.4 is 4.74 Å². The molecule has 0 saturated heterocycles. The zero-order valence-electron chi connectivity index (χ0n) is 15.4. The molecule has 0 unspecified atom stereocenters. The topological polar surface area (TPSA) is 50.2 Å². The first kappa shape index (κ1) is 19.4. The van der Waals surface area contributed by atoms with Gasteiger partial charge >= 0.3 is 0 Å². The fraction of sp³-hybridized carbons (Fsp3) is 0.545. The molecule has 1 N–H and O–H groups in total. The highest BCUT2D eigenvalue weighted by Crippen LogP contribution is 2.23. The number of rotatable bonds is 14. The van der Waals surface area contributed by atoms with Gasteiger partial charge in [-0.3, -0.25) is 0 Å². The van der Waals surface area contributed by atoms with Crippen LogP contribution in [0.1, 0.15) is 70.3 Å². The third-order valence-corrected chi connectivity index (χ3v) is 4.58. The molecule has 1 aliphatic carbocycles. The summed E-state index contributed by atoms with van der Waals surface area (Å²) in [5.41, 5.74) is 1.65.